The van der Waals surface area contributed by atoms with Crippen LogP contribution in [0.3, 0.4) is 0 Å². The van der Waals surface area contributed by atoms with E-state index in [4.69, 9.17) is 0 Å². The van der Waals surface area contributed by atoms with Crippen LogP contribution in [0.1, 0.15) is 27.7 Å². The molecule has 0 aliphatic carbocycles. The number of hydrogen-bond acceptors (Lipinski definition) is 2. The molecule has 14 heavy (non-hydrogen) atoms. The maximum atomic E-state index is 4.06. The third kappa shape index (κ3) is 7.87. The Morgan fingerprint density at radius 1 is 1.07 bits per heavy atom. The number of hydrogen-bond donors (Lipinski definition) is 0. The van der Waals surface area contributed by atoms with Crippen molar-refractivity contribution in [3.63, 3.8) is 0 Å². The van der Waals surface area contributed by atoms with E-state index in [0.717, 1.165) is 5.04 Å². The molecule has 0 aromatic rings. The van der Waals surface area contributed by atoms with Crippen molar-refractivity contribution in [2.75, 3.05) is 7.05 Å². The molecule has 78 valence electrons. The summed E-state index contributed by atoms with van der Waals surface area (Å²) in [6.07, 6.45) is 6.33. The maximum absolute atomic E-state index is 4.06. The lowest BCUT2D eigenvalue weighted by molar-refractivity contribution is 1.38. The summed E-state index contributed by atoms with van der Waals surface area (Å²) in [5.41, 5.74) is 2.57. The predicted octanol–water partition coefficient (Wildman–Crippen LogP) is 4.19. The molecule has 0 spiro atoms. The van der Waals surface area contributed by atoms with E-state index in [0.29, 0.717) is 0 Å². The topological polar surface area (TPSA) is 12.4 Å². The summed E-state index contributed by atoms with van der Waals surface area (Å²) in [7, 11) is 1.81. The van der Waals surface area contributed by atoms with Crippen LogP contribution in [-0.4, -0.2) is 12.1 Å². The summed E-state index contributed by atoms with van der Waals surface area (Å²) >= 11 is 1.65. The Labute approximate surface area is 91.7 Å². The van der Waals surface area contributed by atoms with Gasteiger partial charge in [0.05, 0.1) is 5.04 Å². The highest BCUT2D eigenvalue weighted by Crippen LogP contribution is 2.08. The molecule has 0 fully saturated rings. The number of rotatable bonds is 3. The van der Waals surface area contributed by atoms with E-state index in [9.17, 15) is 0 Å². The van der Waals surface area contributed by atoms with Gasteiger partial charge >= 0.3 is 0 Å². The van der Waals surface area contributed by atoms with Crippen molar-refractivity contribution in [3.8, 4) is 0 Å². The molecule has 0 saturated carbocycles. The normalized spacial score (nSPS) is 13.5. The van der Waals surface area contributed by atoms with Crippen LogP contribution >= 0.6 is 11.8 Å². The van der Waals surface area contributed by atoms with Gasteiger partial charge in [-0.3, -0.25) is 4.99 Å². The Kier molecular flexibility index (Phi) is 7.21. The van der Waals surface area contributed by atoms with Crippen molar-refractivity contribution in [3.05, 3.63) is 34.8 Å². The van der Waals surface area contributed by atoms with Gasteiger partial charge in [0, 0.05) is 7.05 Å². The van der Waals surface area contributed by atoms with Crippen LogP contribution < -0.4 is 0 Å². The molecule has 0 rings (SSSR count). The third-order valence-electron chi connectivity index (χ3n) is 1.56. The third-order valence-corrected chi connectivity index (χ3v) is 2.36. The van der Waals surface area contributed by atoms with Crippen LogP contribution in [0.5, 0.6) is 0 Å². The van der Waals surface area contributed by atoms with E-state index in [1.54, 1.807) is 11.8 Å². The van der Waals surface area contributed by atoms with Crippen LogP contribution in [0, 0.1) is 0 Å². The second kappa shape index (κ2) is 7.63. The molecule has 2 heteroatoms. The number of thioether (sulfide) groups is 1. The van der Waals surface area contributed by atoms with Crippen molar-refractivity contribution in [1.82, 2.24) is 0 Å². The highest BCUT2D eigenvalue weighted by atomic mass is 32.2. The molecule has 0 bridgehead atoms. The Balaban J connectivity index is 4.12. The molecule has 0 atom stereocenters. The Morgan fingerprint density at radius 3 is 2.21 bits per heavy atom. The zero-order valence-corrected chi connectivity index (χ0v) is 10.5. The Morgan fingerprint density at radius 2 is 1.71 bits per heavy atom. The second-order valence-electron chi connectivity index (χ2n) is 3.32. The van der Waals surface area contributed by atoms with E-state index < -0.39 is 0 Å². The largest absolute Gasteiger partial charge is 0.286 e. The SMILES string of the molecule is CN=C(C)S/C=C/C(C)=C\C=C(C)C. The average Bonchev–Trinajstić information content (AvgIpc) is 2.14. The fraction of sp³-hybridized carbons (Fsp3) is 0.417. The highest BCUT2D eigenvalue weighted by molar-refractivity contribution is 8.16. The lowest BCUT2D eigenvalue weighted by Crippen LogP contribution is -1.77. The van der Waals surface area contributed by atoms with E-state index in [2.05, 4.69) is 49.4 Å². The summed E-state index contributed by atoms with van der Waals surface area (Å²) in [4.78, 5) is 4.06. The second-order valence-corrected chi connectivity index (χ2v) is 4.42. The Bertz CT molecular complexity index is 279. The summed E-state index contributed by atoms with van der Waals surface area (Å²) in [5.74, 6) is 0. The smallest absolute Gasteiger partial charge is 0.0683 e. The van der Waals surface area contributed by atoms with Gasteiger partial charge in [-0.1, -0.05) is 41.1 Å². The van der Waals surface area contributed by atoms with Gasteiger partial charge in [0.2, 0.25) is 0 Å². The van der Waals surface area contributed by atoms with E-state index >= 15 is 0 Å². The lowest BCUT2D eigenvalue weighted by Gasteiger charge is -1.92. The van der Waals surface area contributed by atoms with Crippen molar-refractivity contribution < 1.29 is 0 Å². The van der Waals surface area contributed by atoms with E-state index in [-0.39, 0.29) is 0 Å². The highest BCUT2D eigenvalue weighted by Gasteiger charge is 1.84. The van der Waals surface area contributed by atoms with Gasteiger partial charge in [-0.15, -0.1) is 0 Å². The van der Waals surface area contributed by atoms with Crippen LogP contribution in [-0.2, 0) is 0 Å². The Hall–Kier alpha value is -0.760. The van der Waals surface area contributed by atoms with Gasteiger partial charge in [-0.05, 0) is 33.1 Å². The van der Waals surface area contributed by atoms with Crippen LogP contribution in [0.4, 0.5) is 0 Å². The molecule has 0 unspecified atom stereocenters. The van der Waals surface area contributed by atoms with Crippen LogP contribution in [0.15, 0.2) is 39.8 Å². The molecular weight excluding hydrogens is 190 g/mol. The predicted molar refractivity (Wildman–Crippen MR) is 69.0 cm³/mol. The van der Waals surface area contributed by atoms with Crippen LogP contribution in [0.2, 0.25) is 0 Å². The molecule has 0 aromatic heterocycles. The summed E-state index contributed by atoms with van der Waals surface area (Å²) in [5, 5.41) is 3.14. The number of nitrogens with zero attached hydrogens (tertiary/aromatic N) is 1. The quantitative estimate of drug-likeness (QED) is 0.385. The number of allylic oxidation sites excluding steroid dienone is 5. The van der Waals surface area contributed by atoms with Gasteiger partial charge in [0.1, 0.15) is 0 Å². The first-order valence-electron chi connectivity index (χ1n) is 4.64. The maximum Gasteiger partial charge on any atom is 0.0683 e. The molecule has 0 amide bonds. The standard InChI is InChI=1S/C12H19NS/c1-10(2)6-7-11(3)8-9-14-12(4)13-5/h6-9H,1-5H3/b9-8+,11-7-,13-12?. The minimum absolute atomic E-state index is 1.08. The monoisotopic (exact) mass is 209 g/mol. The molecule has 0 heterocycles. The van der Waals surface area contributed by atoms with Crippen LogP contribution in [0.25, 0.3) is 0 Å². The first kappa shape index (κ1) is 13.2. The summed E-state index contributed by atoms with van der Waals surface area (Å²) < 4.78 is 0. The van der Waals surface area contributed by atoms with E-state index in [1.165, 1.54) is 11.1 Å². The van der Waals surface area contributed by atoms with E-state index in [1.807, 2.05) is 14.0 Å². The number of aliphatic imine (C=N–C) groups is 1. The van der Waals surface area contributed by atoms with Crippen molar-refractivity contribution >= 4 is 16.8 Å². The van der Waals surface area contributed by atoms with Gasteiger partial charge in [-0.2, -0.15) is 0 Å². The summed E-state index contributed by atoms with van der Waals surface area (Å²) in [6.45, 7) is 8.28. The zero-order valence-electron chi connectivity index (χ0n) is 9.66. The molecule has 0 aromatic carbocycles. The first-order valence-corrected chi connectivity index (χ1v) is 5.52. The molecule has 0 radical (unpaired) electrons. The molecule has 0 aliphatic heterocycles. The van der Waals surface area contributed by atoms with Gasteiger partial charge < -0.3 is 0 Å². The fourth-order valence-electron chi connectivity index (χ4n) is 0.646. The average molecular weight is 209 g/mol. The van der Waals surface area contributed by atoms with Gasteiger partial charge in [0.25, 0.3) is 0 Å². The van der Waals surface area contributed by atoms with Crippen molar-refractivity contribution in [2.45, 2.75) is 27.7 Å². The molecule has 0 N–H and O–H groups in total. The van der Waals surface area contributed by atoms with Crippen molar-refractivity contribution in [1.29, 1.82) is 0 Å². The fourth-order valence-corrected chi connectivity index (χ4v) is 1.23. The minimum atomic E-state index is 1.08. The molecule has 1 nitrogen and oxygen atoms in total. The molecule has 0 aliphatic rings. The first-order chi connectivity index (χ1) is 6.56. The zero-order chi connectivity index (χ0) is 11.0. The molecule has 0 saturated heterocycles. The summed E-state index contributed by atoms with van der Waals surface area (Å²) in [6, 6.07) is 0. The lowest BCUT2D eigenvalue weighted by atomic mass is 10.2. The van der Waals surface area contributed by atoms with Crippen molar-refractivity contribution in [2.24, 2.45) is 4.99 Å². The van der Waals surface area contributed by atoms with Gasteiger partial charge in [-0.25, -0.2) is 0 Å². The van der Waals surface area contributed by atoms with Gasteiger partial charge in [0.15, 0.2) is 0 Å². The minimum Gasteiger partial charge on any atom is -0.286 e. The molecular formula is C12H19NS.